The zero-order chi connectivity index (χ0) is 39.1. The second-order valence-electron chi connectivity index (χ2n) is 11.5. The fourth-order valence-electron chi connectivity index (χ4n) is 4.39. The van der Waals surface area contributed by atoms with E-state index < -0.39 is 95.4 Å². The smallest absolute Gasteiger partial charge is 0.386 e. The van der Waals surface area contributed by atoms with Crippen molar-refractivity contribution in [3.8, 4) is 0 Å². The molecule has 29 heteroatoms. The number of amides is 2. The number of aliphatic hydroxyl groups excluding tert-OH is 2. The largest absolute Gasteiger partial charge is 0.481 e. The molecule has 0 aliphatic carbocycles. The number of carbonyl (C=O) groups excluding carboxylic acids is 4. The number of nitrogens with zero attached hydrogens (tertiary/aromatic N) is 4. The second-order valence-corrected chi connectivity index (χ2v) is 17.7. The maximum absolute atomic E-state index is 12.6. The average Bonchev–Trinajstić information content (AvgIpc) is 3.61. The van der Waals surface area contributed by atoms with Gasteiger partial charge in [0.1, 0.15) is 36.3 Å². The number of anilines is 1. The first kappa shape index (κ1) is 43.6. The van der Waals surface area contributed by atoms with Crippen molar-refractivity contribution in [3.05, 3.63) is 12.7 Å². The Hall–Kier alpha value is -2.77. The van der Waals surface area contributed by atoms with Gasteiger partial charge in [0.05, 0.1) is 19.5 Å². The van der Waals surface area contributed by atoms with E-state index in [0.29, 0.717) is 11.2 Å². The molecule has 3 rings (SSSR count). The van der Waals surface area contributed by atoms with E-state index in [1.54, 1.807) is 0 Å². The van der Waals surface area contributed by atoms with Crippen molar-refractivity contribution in [2.45, 2.75) is 50.9 Å². The fraction of sp³-hybridized carbons (Fsp3) is 0.609. The van der Waals surface area contributed by atoms with E-state index in [1.165, 1.54) is 13.8 Å². The summed E-state index contributed by atoms with van der Waals surface area (Å²) >= 11 is 0. The van der Waals surface area contributed by atoms with Gasteiger partial charge in [0.25, 0.3) is 0 Å². The zero-order valence-corrected chi connectivity index (χ0v) is 30.8. The highest BCUT2D eigenvalue weighted by Gasteiger charge is 2.50. The van der Waals surface area contributed by atoms with E-state index in [1.807, 2.05) is 0 Å². The first-order chi connectivity index (χ1) is 24.1. The molecule has 7 atom stereocenters. The van der Waals surface area contributed by atoms with Crippen molar-refractivity contribution < 1.29 is 85.3 Å². The van der Waals surface area contributed by atoms with Crippen LogP contribution in [-0.4, -0.2) is 129 Å². The van der Waals surface area contributed by atoms with E-state index in [4.69, 9.17) is 19.5 Å². The number of rotatable bonds is 21. The summed E-state index contributed by atoms with van der Waals surface area (Å²) < 4.78 is 61.8. The van der Waals surface area contributed by atoms with Gasteiger partial charge in [0.15, 0.2) is 28.9 Å². The van der Waals surface area contributed by atoms with Crippen molar-refractivity contribution in [1.82, 2.24) is 30.2 Å². The Morgan fingerprint density at radius 1 is 1.08 bits per heavy atom. The molecule has 0 aromatic carbocycles. The van der Waals surface area contributed by atoms with Crippen LogP contribution in [-0.2, 0) is 55.5 Å². The third-order valence-electron chi connectivity index (χ3n) is 7.04. The highest BCUT2D eigenvalue weighted by atomic mass is 32.2. The number of hydrogen-bond donors (Lipinski definition) is 10. The predicted molar refractivity (Wildman–Crippen MR) is 177 cm³/mol. The third-order valence-corrected chi connectivity index (χ3v) is 11.4. The van der Waals surface area contributed by atoms with Crippen LogP contribution in [0.4, 0.5) is 5.82 Å². The SMILES string of the molecule is CC(C)(COP(=O)(O)OP(=O)(O)OC[C@H]1O[C@@H](n2cnc3c(N)ncnc32)[C@H](O)[C@@H]1OP(=O)(O)O)C(O)C(=O)NCCC(=O)NCC[SH](C=O)C=O. The maximum Gasteiger partial charge on any atom is 0.481 e. The van der Waals surface area contributed by atoms with E-state index >= 15 is 0 Å². The lowest BCUT2D eigenvalue weighted by Crippen LogP contribution is -2.46. The summed E-state index contributed by atoms with van der Waals surface area (Å²) in [6.07, 6.45) is -7.05. The van der Waals surface area contributed by atoms with E-state index in [0.717, 1.165) is 17.2 Å². The predicted octanol–water partition coefficient (Wildman–Crippen LogP) is -2.21. The van der Waals surface area contributed by atoms with Crippen molar-refractivity contribution in [3.63, 3.8) is 0 Å². The summed E-state index contributed by atoms with van der Waals surface area (Å²) in [6.45, 7) is 0.209. The van der Waals surface area contributed by atoms with Gasteiger partial charge in [0, 0.05) is 30.7 Å². The quantitative estimate of drug-likeness (QED) is 0.0362. The van der Waals surface area contributed by atoms with Crippen LogP contribution < -0.4 is 16.4 Å². The number of fused-ring (bicyclic) bond motifs is 1. The van der Waals surface area contributed by atoms with Gasteiger partial charge in [-0.05, 0) is 0 Å². The van der Waals surface area contributed by atoms with Crippen molar-refractivity contribution in [2.75, 3.05) is 37.8 Å². The normalized spacial score (nSPS) is 22.6. The lowest BCUT2D eigenvalue weighted by molar-refractivity contribution is -0.137. The maximum atomic E-state index is 12.6. The number of carbonyl (C=O) groups is 4. The van der Waals surface area contributed by atoms with Gasteiger partial charge in [-0.25, -0.2) is 28.6 Å². The van der Waals surface area contributed by atoms with E-state index in [9.17, 15) is 62.7 Å². The summed E-state index contributed by atoms with van der Waals surface area (Å²) in [6, 6.07) is 0. The van der Waals surface area contributed by atoms with Gasteiger partial charge < -0.3 is 50.9 Å². The molecular formula is C23H38N7O18P3S. The number of nitrogens with two attached hydrogens (primary N) is 1. The lowest BCUT2D eigenvalue weighted by Gasteiger charge is -2.30. The number of nitrogens with one attached hydrogen (secondary N) is 2. The lowest BCUT2D eigenvalue weighted by atomic mass is 9.87. The molecule has 1 aliphatic rings. The van der Waals surface area contributed by atoms with E-state index in [-0.39, 0.29) is 42.2 Å². The number of phosphoric ester groups is 3. The number of imidazole rings is 1. The third kappa shape index (κ3) is 12.4. The number of ether oxygens (including phenoxy) is 1. The average molecular weight is 826 g/mol. The summed E-state index contributed by atoms with van der Waals surface area (Å²) in [5.74, 6) is -1.44. The molecule has 294 valence electrons. The molecular weight excluding hydrogens is 787 g/mol. The standard InChI is InChI=1S/C23H38N7O18P3S/c1-23(2,18(35)21(36)26-4-3-14(33)25-5-6-52(11-31)12-32)8-45-51(42,43)48-50(40,41)44-7-13-17(47-49(37,38)39)16(34)22(46-13)30-10-29-15-19(24)27-9-28-20(15)30/h9-13,16-18,22,34-35,52H,3-8H2,1-2H3,(H,25,33)(H,26,36)(H,40,41)(H,42,43)(H2,24,27,28)(H2,37,38,39)/t13-,16-,17-,18?,22-/m1/s1. The molecule has 0 saturated carbocycles. The summed E-state index contributed by atoms with van der Waals surface area (Å²) in [5.41, 5.74) is 5.21. The molecule has 0 radical (unpaired) electrons. The molecule has 52 heavy (non-hydrogen) atoms. The van der Waals surface area contributed by atoms with Crippen LogP contribution in [0, 0.1) is 5.41 Å². The Balaban J connectivity index is 1.55. The fourth-order valence-corrected chi connectivity index (χ4v) is 7.85. The van der Waals surface area contributed by atoms with Crippen LogP contribution in [0.3, 0.4) is 0 Å². The van der Waals surface area contributed by atoms with Gasteiger partial charge in [-0.2, -0.15) is 4.31 Å². The highest BCUT2D eigenvalue weighted by Crippen LogP contribution is 2.61. The van der Waals surface area contributed by atoms with Crippen LogP contribution >= 0.6 is 34.4 Å². The second kappa shape index (κ2) is 18.0. The molecule has 10 N–H and O–H groups in total. The Morgan fingerprint density at radius 2 is 1.73 bits per heavy atom. The van der Waals surface area contributed by atoms with Gasteiger partial charge >= 0.3 is 23.5 Å². The van der Waals surface area contributed by atoms with Gasteiger partial charge in [-0.15, -0.1) is 10.9 Å². The monoisotopic (exact) mass is 825 g/mol. The molecule has 2 amide bonds. The molecule has 0 spiro atoms. The topological polar surface area (TPSA) is 381 Å². The van der Waals surface area contributed by atoms with Crippen LogP contribution in [0.25, 0.3) is 11.2 Å². The molecule has 1 aliphatic heterocycles. The van der Waals surface area contributed by atoms with Gasteiger partial charge in [-0.1, -0.05) is 13.8 Å². The molecule has 0 bridgehead atoms. The summed E-state index contributed by atoms with van der Waals surface area (Å²) in [7, 11) is -17.9. The van der Waals surface area contributed by atoms with Crippen molar-refractivity contribution in [2.24, 2.45) is 5.41 Å². The zero-order valence-electron chi connectivity index (χ0n) is 27.2. The molecule has 2 aromatic rings. The Labute approximate surface area is 296 Å². The number of hydrogen-bond acceptors (Lipinski definition) is 18. The Kier molecular flexibility index (Phi) is 15.1. The first-order valence-electron chi connectivity index (χ1n) is 14.6. The highest BCUT2D eigenvalue weighted by molar-refractivity contribution is 8.38. The number of phosphoric acid groups is 3. The molecule has 1 saturated heterocycles. The summed E-state index contributed by atoms with van der Waals surface area (Å²) in [5, 5.41) is 26.0. The van der Waals surface area contributed by atoms with Crippen molar-refractivity contribution >= 4 is 74.4 Å². The summed E-state index contributed by atoms with van der Waals surface area (Å²) in [4.78, 5) is 96.4. The Bertz CT molecular complexity index is 1740. The van der Waals surface area contributed by atoms with Crippen LogP contribution in [0.15, 0.2) is 12.7 Å². The Morgan fingerprint density at radius 3 is 2.37 bits per heavy atom. The van der Waals surface area contributed by atoms with Crippen LogP contribution in [0.2, 0.25) is 0 Å². The minimum absolute atomic E-state index is 0.0233. The first-order valence-corrected chi connectivity index (χ1v) is 20.8. The van der Waals surface area contributed by atoms with Crippen LogP contribution in [0.5, 0.6) is 0 Å². The molecule has 2 aromatic heterocycles. The number of nitrogen functional groups attached to an aromatic ring is 1. The van der Waals surface area contributed by atoms with Gasteiger partial charge in [0.2, 0.25) is 11.8 Å². The molecule has 3 heterocycles. The van der Waals surface area contributed by atoms with Gasteiger partial charge in [-0.3, -0.25) is 37.3 Å². The number of aromatic nitrogens is 4. The number of thiol groups is 1. The van der Waals surface area contributed by atoms with Crippen molar-refractivity contribution in [1.29, 1.82) is 0 Å². The molecule has 1 fully saturated rings. The minimum atomic E-state index is -5.58. The minimum Gasteiger partial charge on any atom is -0.386 e. The molecule has 25 nitrogen and oxygen atoms in total. The number of aliphatic hydroxyl groups is 2. The van der Waals surface area contributed by atoms with E-state index in [2.05, 4.69) is 34.4 Å². The van der Waals surface area contributed by atoms with Crippen LogP contribution in [0.1, 0.15) is 26.5 Å². The molecule has 3 unspecified atom stereocenters.